The number of benzene rings is 1. The third kappa shape index (κ3) is 0.960. The molecule has 1 aromatic carbocycles. The van der Waals surface area contributed by atoms with Crippen LogP contribution in [0.4, 0.5) is 5.69 Å². The maximum absolute atomic E-state index is 6.03. The highest BCUT2D eigenvalue weighted by Gasteiger charge is 2.20. The summed E-state index contributed by atoms with van der Waals surface area (Å²) in [6.07, 6.45) is 1.71. The van der Waals surface area contributed by atoms with Crippen molar-refractivity contribution >= 4 is 28.2 Å². The highest BCUT2D eigenvalue weighted by Crippen LogP contribution is 2.41. The molecular formula is C10H6ClN3. The Balaban J connectivity index is 2.44. The molecular weight excluding hydrogens is 198 g/mol. The Labute approximate surface area is 85.4 Å². The Morgan fingerprint density at radius 1 is 1.21 bits per heavy atom. The molecule has 2 heterocycles. The Bertz CT molecular complexity index is 536. The highest BCUT2D eigenvalue weighted by molar-refractivity contribution is 6.22. The number of halogens is 1. The fourth-order valence-electron chi connectivity index (χ4n) is 1.65. The summed E-state index contributed by atoms with van der Waals surface area (Å²) in [7, 11) is 0. The number of alkyl halides is 1. The summed E-state index contributed by atoms with van der Waals surface area (Å²) in [6.45, 7) is 0. The third-order valence-corrected chi connectivity index (χ3v) is 2.61. The van der Waals surface area contributed by atoms with Gasteiger partial charge in [0.1, 0.15) is 5.69 Å². The summed E-state index contributed by atoms with van der Waals surface area (Å²) >= 11 is 6.03. The summed E-state index contributed by atoms with van der Waals surface area (Å²) in [4.78, 5) is 4.27. The zero-order valence-corrected chi connectivity index (χ0v) is 7.94. The minimum Gasteiger partial charge on any atom is -0.254 e. The van der Waals surface area contributed by atoms with Crippen LogP contribution in [0.5, 0.6) is 0 Å². The summed E-state index contributed by atoms with van der Waals surface area (Å²) in [5, 5.41) is 8.90. The van der Waals surface area contributed by atoms with Crippen molar-refractivity contribution in [1.29, 1.82) is 0 Å². The molecule has 1 unspecified atom stereocenters. The lowest BCUT2D eigenvalue weighted by Gasteiger charge is -2.03. The molecule has 3 rings (SSSR count). The molecule has 0 aliphatic carbocycles. The SMILES string of the molecule is ClC1N=Nc2cnc3ccccc3c21. The van der Waals surface area contributed by atoms with Crippen LogP contribution in [-0.4, -0.2) is 4.98 Å². The molecule has 2 aromatic rings. The minimum absolute atomic E-state index is 0.363. The van der Waals surface area contributed by atoms with Crippen LogP contribution in [0, 0.1) is 0 Å². The first-order valence-electron chi connectivity index (χ1n) is 4.29. The van der Waals surface area contributed by atoms with Crippen LogP contribution in [0.15, 0.2) is 40.7 Å². The van der Waals surface area contributed by atoms with Crippen molar-refractivity contribution in [2.75, 3.05) is 0 Å². The Hall–Kier alpha value is -1.48. The van der Waals surface area contributed by atoms with E-state index in [0.29, 0.717) is 0 Å². The highest BCUT2D eigenvalue weighted by atomic mass is 35.5. The van der Waals surface area contributed by atoms with Crippen LogP contribution in [0.1, 0.15) is 11.1 Å². The van der Waals surface area contributed by atoms with Gasteiger partial charge in [-0.05, 0) is 6.07 Å². The van der Waals surface area contributed by atoms with E-state index in [4.69, 9.17) is 11.6 Å². The Kier molecular flexibility index (Phi) is 1.55. The summed E-state index contributed by atoms with van der Waals surface area (Å²) < 4.78 is 0. The Morgan fingerprint density at radius 3 is 3.00 bits per heavy atom. The van der Waals surface area contributed by atoms with E-state index in [9.17, 15) is 0 Å². The van der Waals surface area contributed by atoms with E-state index in [-0.39, 0.29) is 5.50 Å². The largest absolute Gasteiger partial charge is 0.254 e. The molecule has 0 bridgehead atoms. The smallest absolute Gasteiger partial charge is 0.172 e. The zero-order valence-electron chi connectivity index (χ0n) is 7.18. The maximum Gasteiger partial charge on any atom is 0.172 e. The summed E-state index contributed by atoms with van der Waals surface area (Å²) in [5.41, 5.74) is 2.32. The predicted octanol–water partition coefficient (Wildman–Crippen LogP) is 3.57. The van der Waals surface area contributed by atoms with Gasteiger partial charge in [0.05, 0.1) is 11.7 Å². The molecule has 0 amide bonds. The average molecular weight is 204 g/mol. The first kappa shape index (κ1) is 7.88. The van der Waals surface area contributed by atoms with Gasteiger partial charge in [-0.2, -0.15) is 10.2 Å². The lowest BCUT2D eigenvalue weighted by atomic mass is 10.1. The van der Waals surface area contributed by atoms with E-state index in [1.165, 1.54) is 0 Å². The molecule has 0 radical (unpaired) electrons. The van der Waals surface area contributed by atoms with Crippen molar-refractivity contribution in [3.8, 4) is 0 Å². The molecule has 1 aliphatic heterocycles. The maximum atomic E-state index is 6.03. The monoisotopic (exact) mass is 203 g/mol. The van der Waals surface area contributed by atoms with Crippen molar-refractivity contribution < 1.29 is 0 Å². The lowest BCUT2D eigenvalue weighted by Crippen LogP contribution is -1.86. The molecule has 1 aromatic heterocycles. The van der Waals surface area contributed by atoms with E-state index in [1.807, 2.05) is 24.3 Å². The number of hydrogen-bond acceptors (Lipinski definition) is 3. The molecule has 0 fully saturated rings. The van der Waals surface area contributed by atoms with Crippen LogP contribution in [0.2, 0.25) is 0 Å². The first-order chi connectivity index (χ1) is 6.86. The number of rotatable bonds is 0. The van der Waals surface area contributed by atoms with Gasteiger partial charge in [0.15, 0.2) is 5.50 Å². The van der Waals surface area contributed by atoms with Gasteiger partial charge in [0.25, 0.3) is 0 Å². The normalized spacial score (nSPS) is 18.8. The molecule has 0 saturated heterocycles. The molecule has 14 heavy (non-hydrogen) atoms. The molecule has 1 atom stereocenters. The topological polar surface area (TPSA) is 37.6 Å². The van der Waals surface area contributed by atoms with Crippen LogP contribution in [0.25, 0.3) is 10.9 Å². The van der Waals surface area contributed by atoms with E-state index in [1.54, 1.807) is 6.20 Å². The summed E-state index contributed by atoms with van der Waals surface area (Å²) in [5.74, 6) is 0. The van der Waals surface area contributed by atoms with Gasteiger partial charge in [-0.3, -0.25) is 4.98 Å². The number of aromatic nitrogens is 1. The van der Waals surface area contributed by atoms with Crippen LogP contribution in [0.3, 0.4) is 0 Å². The van der Waals surface area contributed by atoms with Gasteiger partial charge in [-0.15, -0.1) is 0 Å². The molecule has 4 heteroatoms. The van der Waals surface area contributed by atoms with E-state index in [2.05, 4.69) is 15.2 Å². The van der Waals surface area contributed by atoms with Gasteiger partial charge in [0, 0.05) is 10.9 Å². The molecule has 0 N–H and O–H groups in total. The fourth-order valence-corrected chi connectivity index (χ4v) is 1.93. The standard InChI is InChI=1S/C10H6ClN3/c11-10-9-6-3-1-2-4-7(6)12-5-8(9)13-14-10/h1-5,10H. The van der Waals surface area contributed by atoms with E-state index in [0.717, 1.165) is 22.2 Å². The average Bonchev–Trinajstić information content (AvgIpc) is 2.61. The second kappa shape index (κ2) is 2.75. The lowest BCUT2D eigenvalue weighted by molar-refractivity contribution is 1.00. The van der Waals surface area contributed by atoms with Crippen molar-refractivity contribution in [2.24, 2.45) is 10.2 Å². The number of fused-ring (bicyclic) bond motifs is 3. The van der Waals surface area contributed by atoms with E-state index < -0.39 is 0 Å². The second-order valence-electron chi connectivity index (χ2n) is 3.13. The number of pyridine rings is 1. The van der Waals surface area contributed by atoms with Crippen LogP contribution >= 0.6 is 11.6 Å². The quantitative estimate of drug-likeness (QED) is 0.476. The number of azo groups is 1. The number of nitrogens with zero attached hydrogens (tertiary/aromatic N) is 3. The van der Waals surface area contributed by atoms with Gasteiger partial charge in [-0.1, -0.05) is 29.8 Å². The molecule has 68 valence electrons. The van der Waals surface area contributed by atoms with Crippen LogP contribution in [-0.2, 0) is 0 Å². The van der Waals surface area contributed by atoms with Crippen LogP contribution < -0.4 is 0 Å². The molecule has 3 nitrogen and oxygen atoms in total. The molecule has 1 aliphatic rings. The second-order valence-corrected chi connectivity index (χ2v) is 3.54. The molecule has 0 saturated carbocycles. The van der Waals surface area contributed by atoms with Gasteiger partial charge in [0.2, 0.25) is 0 Å². The van der Waals surface area contributed by atoms with Crippen molar-refractivity contribution in [1.82, 2.24) is 4.98 Å². The van der Waals surface area contributed by atoms with Gasteiger partial charge in [-0.25, -0.2) is 0 Å². The zero-order chi connectivity index (χ0) is 9.54. The molecule has 0 spiro atoms. The Morgan fingerprint density at radius 2 is 2.07 bits per heavy atom. The van der Waals surface area contributed by atoms with Crippen molar-refractivity contribution in [3.05, 3.63) is 36.0 Å². The van der Waals surface area contributed by atoms with E-state index >= 15 is 0 Å². The third-order valence-electron chi connectivity index (χ3n) is 2.30. The summed E-state index contributed by atoms with van der Waals surface area (Å²) in [6, 6.07) is 7.87. The van der Waals surface area contributed by atoms with Gasteiger partial charge < -0.3 is 0 Å². The first-order valence-corrected chi connectivity index (χ1v) is 4.72. The van der Waals surface area contributed by atoms with Crippen molar-refractivity contribution in [2.45, 2.75) is 5.50 Å². The number of hydrogen-bond donors (Lipinski definition) is 0. The fraction of sp³-hybridized carbons (Fsp3) is 0.100. The predicted molar refractivity (Wildman–Crippen MR) is 54.9 cm³/mol. The minimum atomic E-state index is -0.363. The van der Waals surface area contributed by atoms with Crippen molar-refractivity contribution in [3.63, 3.8) is 0 Å². The van der Waals surface area contributed by atoms with Gasteiger partial charge >= 0.3 is 0 Å². The number of para-hydroxylation sites is 1.